The van der Waals surface area contributed by atoms with Crippen molar-refractivity contribution in [3.63, 3.8) is 0 Å². The van der Waals surface area contributed by atoms with E-state index in [1.54, 1.807) is 0 Å². The first-order chi connectivity index (χ1) is 12.3. The maximum absolute atomic E-state index is 11.2. The van der Waals surface area contributed by atoms with E-state index in [0.717, 1.165) is 31.8 Å². The van der Waals surface area contributed by atoms with Crippen molar-refractivity contribution in [2.45, 2.75) is 26.9 Å². The van der Waals surface area contributed by atoms with Gasteiger partial charge in [-0.25, -0.2) is 13.1 Å². The summed E-state index contributed by atoms with van der Waals surface area (Å²) in [5, 5.41) is 3.29. The van der Waals surface area contributed by atoms with Crippen LogP contribution in [0, 0.1) is 13.8 Å². The second kappa shape index (κ2) is 9.34. The zero-order chi connectivity index (χ0) is 19.2. The molecule has 0 aliphatic carbocycles. The van der Waals surface area contributed by atoms with Crippen LogP contribution in [-0.2, 0) is 14.8 Å². The Bertz CT molecular complexity index is 734. The fourth-order valence-electron chi connectivity index (χ4n) is 3.04. The lowest BCUT2D eigenvalue weighted by atomic mass is 10.00. The Morgan fingerprint density at radius 3 is 2.81 bits per heavy atom. The highest BCUT2D eigenvalue weighted by Gasteiger charge is 2.25. The van der Waals surface area contributed by atoms with Gasteiger partial charge in [-0.3, -0.25) is 4.99 Å². The molecule has 1 atom stereocenters. The number of nitrogens with one attached hydrogen (secondary N) is 2. The molecule has 0 spiro atoms. The largest absolute Gasteiger partial charge is 0.370 e. The summed E-state index contributed by atoms with van der Waals surface area (Å²) in [6.45, 7) is 9.76. The van der Waals surface area contributed by atoms with Gasteiger partial charge in [-0.15, -0.1) is 0 Å². The average Bonchev–Trinajstić information content (AvgIpc) is 2.57. The monoisotopic (exact) mass is 382 g/mol. The van der Waals surface area contributed by atoms with Crippen LogP contribution in [0.15, 0.2) is 23.2 Å². The summed E-state index contributed by atoms with van der Waals surface area (Å²) in [6.07, 6.45) is 1.15. The Balaban J connectivity index is 2.06. The lowest BCUT2D eigenvalue weighted by Crippen LogP contribution is -2.48. The van der Waals surface area contributed by atoms with Crippen LogP contribution in [0.25, 0.3) is 0 Å². The van der Waals surface area contributed by atoms with Crippen LogP contribution in [-0.4, -0.2) is 64.9 Å². The summed E-state index contributed by atoms with van der Waals surface area (Å²) < 4.78 is 30.8. The number of ether oxygens (including phenoxy) is 1. The molecule has 0 radical (unpaired) electrons. The van der Waals surface area contributed by atoms with E-state index in [9.17, 15) is 8.42 Å². The molecule has 0 saturated carbocycles. The summed E-state index contributed by atoms with van der Waals surface area (Å²) in [5.74, 6) is 0.792. The van der Waals surface area contributed by atoms with Gasteiger partial charge < -0.3 is 15.0 Å². The summed E-state index contributed by atoms with van der Waals surface area (Å²) in [4.78, 5) is 6.73. The minimum absolute atomic E-state index is 0.00218. The number of hydrogen-bond acceptors (Lipinski definition) is 4. The normalized spacial score (nSPS) is 18.8. The molecule has 146 valence electrons. The summed E-state index contributed by atoms with van der Waals surface area (Å²) >= 11 is 0. The molecule has 8 heteroatoms. The van der Waals surface area contributed by atoms with E-state index < -0.39 is 10.0 Å². The smallest absolute Gasteiger partial charge is 0.208 e. The zero-order valence-electron chi connectivity index (χ0n) is 16.1. The Hall–Kier alpha value is -1.64. The molecule has 0 aromatic heterocycles. The molecule has 2 rings (SSSR count). The van der Waals surface area contributed by atoms with Crippen LogP contribution in [0.5, 0.6) is 0 Å². The van der Waals surface area contributed by atoms with Gasteiger partial charge in [0.05, 0.1) is 26.0 Å². The number of aliphatic imine (C=N–C) groups is 1. The van der Waals surface area contributed by atoms with Crippen LogP contribution in [0.2, 0.25) is 0 Å². The molecule has 0 bridgehead atoms. The lowest BCUT2D eigenvalue weighted by molar-refractivity contribution is -0.00832. The molecule has 1 aliphatic heterocycles. The van der Waals surface area contributed by atoms with E-state index in [2.05, 4.69) is 52.0 Å². The van der Waals surface area contributed by atoms with Crippen molar-refractivity contribution < 1.29 is 13.2 Å². The zero-order valence-corrected chi connectivity index (χ0v) is 16.9. The Morgan fingerprint density at radius 2 is 2.15 bits per heavy atom. The number of aryl methyl sites for hydroxylation is 2. The number of nitrogens with zero attached hydrogens (tertiary/aromatic N) is 2. The maximum atomic E-state index is 11.2. The van der Waals surface area contributed by atoms with E-state index in [1.165, 1.54) is 16.7 Å². The average molecular weight is 383 g/mol. The molecule has 7 nitrogen and oxygen atoms in total. The van der Waals surface area contributed by atoms with Gasteiger partial charge in [0.15, 0.2) is 5.96 Å². The van der Waals surface area contributed by atoms with E-state index in [4.69, 9.17) is 4.74 Å². The second-order valence-corrected chi connectivity index (χ2v) is 8.40. The molecule has 1 saturated heterocycles. The van der Waals surface area contributed by atoms with Crippen molar-refractivity contribution in [1.82, 2.24) is 14.9 Å². The van der Waals surface area contributed by atoms with Gasteiger partial charge >= 0.3 is 0 Å². The van der Waals surface area contributed by atoms with E-state index >= 15 is 0 Å². The summed E-state index contributed by atoms with van der Waals surface area (Å²) in [6, 6.07) is 6.42. The summed E-state index contributed by atoms with van der Waals surface area (Å²) in [5.41, 5.74) is 3.68. The van der Waals surface area contributed by atoms with Crippen LogP contribution >= 0.6 is 0 Å². The third-order valence-corrected chi connectivity index (χ3v) is 4.94. The highest BCUT2D eigenvalue weighted by atomic mass is 32.2. The van der Waals surface area contributed by atoms with Crippen molar-refractivity contribution in [1.29, 1.82) is 0 Å². The highest BCUT2D eigenvalue weighted by molar-refractivity contribution is 7.88. The Morgan fingerprint density at radius 1 is 1.38 bits per heavy atom. The van der Waals surface area contributed by atoms with Gasteiger partial charge in [-0.1, -0.05) is 23.8 Å². The molecule has 0 amide bonds. The molecule has 1 unspecified atom stereocenters. The maximum Gasteiger partial charge on any atom is 0.208 e. The third kappa shape index (κ3) is 6.26. The van der Waals surface area contributed by atoms with E-state index in [0.29, 0.717) is 19.7 Å². The van der Waals surface area contributed by atoms with Crippen molar-refractivity contribution in [2.24, 2.45) is 4.99 Å². The van der Waals surface area contributed by atoms with Crippen LogP contribution in [0.1, 0.15) is 29.7 Å². The van der Waals surface area contributed by atoms with Crippen LogP contribution < -0.4 is 10.0 Å². The first kappa shape index (κ1) is 20.7. The van der Waals surface area contributed by atoms with E-state index in [-0.39, 0.29) is 6.10 Å². The Kier molecular flexibility index (Phi) is 7.43. The van der Waals surface area contributed by atoms with Crippen molar-refractivity contribution in [3.05, 3.63) is 34.9 Å². The molecule has 1 fully saturated rings. The van der Waals surface area contributed by atoms with Gasteiger partial charge in [0.1, 0.15) is 6.10 Å². The fourth-order valence-corrected chi connectivity index (χ4v) is 3.50. The Labute approximate surface area is 156 Å². The molecule has 1 heterocycles. The molecular weight excluding hydrogens is 352 g/mol. The van der Waals surface area contributed by atoms with Crippen molar-refractivity contribution in [2.75, 3.05) is 45.6 Å². The molecular formula is C18H30N4O3S. The topological polar surface area (TPSA) is 83.0 Å². The minimum Gasteiger partial charge on any atom is -0.370 e. The minimum atomic E-state index is -3.19. The van der Waals surface area contributed by atoms with Crippen molar-refractivity contribution in [3.8, 4) is 0 Å². The van der Waals surface area contributed by atoms with Gasteiger partial charge in [-0.05, 0) is 31.9 Å². The van der Waals surface area contributed by atoms with Crippen LogP contribution in [0.4, 0.5) is 0 Å². The molecule has 1 aromatic rings. The van der Waals surface area contributed by atoms with Gasteiger partial charge in [0, 0.05) is 19.6 Å². The molecule has 1 aromatic carbocycles. The standard InChI is InChI=1S/C18H30N4O3S/c1-5-19-18(20-8-9-21-26(4,23)24)22-10-11-25-17(13-22)16-7-6-14(2)12-15(16)3/h6-7,12,17,21H,5,8-11,13H2,1-4H3,(H,19,20). The quantitative estimate of drug-likeness (QED) is 0.439. The number of sulfonamides is 1. The van der Waals surface area contributed by atoms with E-state index in [1.807, 2.05) is 6.92 Å². The second-order valence-electron chi connectivity index (χ2n) is 6.57. The number of rotatable bonds is 6. The van der Waals surface area contributed by atoms with Gasteiger partial charge in [0.25, 0.3) is 0 Å². The third-order valence-electron chi connectivity index (χ3n) is 4.21. The summed E-state index contributed by atoms with van der Waals surface area (Å²) in [7, 11) is -3.19. The number of morpholine rings is 1. The highest BCUT2D eigenvalue weighted by Crippen LogP contribution is 2.25. The number of guanidine groups is 1. The van der Waals surface area contributed by atoms with Crippen LogP contribution in [0.3, 0.4) is 0 Å². The first-order valence-electron chi connectivity index (χ1n) is 8.97. The first-order valence-corrected chi connectivity index (χ1v) is 10.9. The predicted molar refractivity (Wildman–Crippen MR) is 105 cm³/mol. The van der Waals surface area contributed by atoms with Crippen molar-refractivity contribution >= 4 is 16.0 Å². The molecule has 26 heavy (non-hydrogen) atoms. The number of benzene rings is 1. The van der Waals surface area contributed by atoms with Gasteiger partial charge in [0.2, 0.25) is 10.0 Å². The fraction of sp³-hybridized carbons (Fsp3) is 0.611. The SMILES string of the molecule is CCNC(=NCCNS(C)(=O)=O)N1CCOC(c2ccc(C)cc2C)C1. The molecule has 1 aliphatic rings. The lowest BCUT2D eigenvalue weighted by Gasteiger charge is -2.36. The number of hydrogen-bond donors (Lipinski definition) is 2. The predicted octanol–water partition coefficient (Wildman–Crippen LogP) is 1.19. The van der Waals surface area contributed by atoms with Gasteiger partial charge in [-0.2, -0.15) is 0 Å². The molecule has 2 N–H and O–H groups in total.